The predicted octanol–water partition coefficient (Wildman–Crippen LogP) is 4.41. The first-order chi connectivity index (χ1) is 14.4. The molecule has 0 aliphatic carbocycles. The minimum atomic E-state index is -0.314. The summed E-state index contributed by atoms with van der Waals surface area (Å²) in [6.45, 7) is 4.25. The highest BCUT2D eigenvalue weighted by molar-refractivity contribution is 5.81. The molecule has 0 spiro atoms. The number of phenols is 1. The van der Waals surface area contributed by atoms with Gasteiger partial charge in [-0.3, -0.25) is 0 Å². The van der Waals surface area contributed by atoms with Crippen LogP contribution in [0, 0.1) is 11.8 Å². The van der Waals surface area contributed by atoms with Crippen LogP contribution in [0.25, 0.3) is 11.1 Å². The van der Waals surface area contributed by atoms with E-state index in [2.05, 4.69) is 13.8 Å². The lowest BCUT2D eigenvalue weighted by Gasteiger charge is -2.25. The minimum Gasteiger partial charge on any atom is -0.504 e. The molecule has 1 fully saturated rings. The van der Waals surface area contributed by atoms with Crippen LogP contribution < -0.4 is 18.9 Å². The summed E-state index contributed by atoms with van der Waals surface area (Å²) in [5.74, 6) is 2.33. The van der Waals surface area contributed by atoms with Gasteiger partial charge in [-0.2, -0.15) is 0 Å². The number of ether oxygens (including phenoxy) is 6. The van der Waals surface area contributed by atoms with Gasteiger partial charge in [-0.05, 0) is 35.2 Å². The lowest BCUT2D eigenvalue weighted by molar-refractivity contribution is -0.130. The molecule has 1 heterocycles. The average molecular weight is 418 g/mol. The first-order valence-corrected chi connectivity index (χ1v) is 9.80. The first kappa shape index (κ1) is 22.1. The number of hydrogen-bond donors (Lipinski definition) is 1. The summed E-state index contributed by atoms with van der Waals surface area (Å²) in [5, 5.41) is 10.1. The third-order valence-corrected chi connectivity index (χ3v) is 5.88. The SMILES string of the molecule is COc1cc(-c2c(C3OC(OC)C(C)C3C)cc(OC)c(OC)c2OC)ccc1O. The van der Waals surface area contributed by atoms with Gasteiger partial charge in [0.05, 0.1) is 34.5 Å². The molecular weight excluding hydrogens is 388 g/mol. The maximum Gasteiger partial charge on any atom is 0.203 e. The Morgan fingerprint density at radius 2 is 1.47 bits per heavy atom. The zero-order chi connectivity index (χ0) is 22.0. The number of hydrogen-bond acceptors (Lipinski definition) is 7. The summed E-state index contributed by atoms with van der Waals surface area (Å²) in [4.78, 5) is 0. The van der Waals surface area contributed by atoms with Gasteiger partial charge in [0.15, 0.2) is 29.3 Å². The normalized spacial score (nSPS) is 23.3. The maximum absolute atomic E-state index is 10.1. The van der Waals surface area contributed by atoms with E-state index in [-0.39, 0.29) is 30.0 Å². The highest BCUT2D eigenvalue weighted by Gasteiger charge is 2.42. The Balaban J connectivity index is 2.31. The molecule has 4 unspecified atom stereocenters. The van der Waals surface area contributed by atoms with Crippen molar-refractivity contribution in [1.82, 2.24) is 0 Å². The molecule has 1 saturated heterocycles. The molecule has 1 aliphatic rings. The van der Waals surface area contributed by atoms with Crippen molar-refractivity contribution in [2.24, 2.45) is 11.8 Å². The topological polar surface area (TPSA) is 75.6 Å². The quantitative estimate of drug-likeness (QED) is 0.714. The van der Waals surface area contributed by atoms with Crippen LogP contribution in [0.5, 0.6) is 28.7 Å². The number of phenolic OH excluding ortho intramolecular Hbond substituents is 1. The lowest BCUT2D eigenvalue weighted by atomic mass is 9.85. The number of methoxy groups -OCH3 is 5. The van der Waals surface area contributed by atoms with E-state index in [4.69, 9.17) is 28.4 Å². The van der Waals surface area contributed by atoms with Crippen molar-refractivity contribution >= 4 is 0 Å². The molecule has 3 rings (SSSR count). The average Bonchev–Trinajstić information content (AvgIpc) is 3.06. The monoisotopic (exact) mass is 418 g/mol. The Morgan fingerprint density at radius 1 is 0.800 bits per heavy atom. The predicted molar refractivity (Wildman–Crippen MR) is 113 cm³/mol. The summed E-state index contributed by atoms with van der Waals surface area (Å²) in [6.07, 6.45) is -0.570. The van der Waals surface area contributed by atoms with Gasteiger partial charge in [0.2, 0.25) is 5.75 Å². The fourth-order valence-electron chi connectivity index (χ4n) is 4.07. The molecule has 1 N–H and O–H groups in total. The van der Waals surface area contributed by atoms with Crippen molar-refractivity contribution < 1.29 is 33.5 Å². The Morgan fingerprint density at radius 3 is 2.00 bits per heavy atom. The highest BCUT2D eigenvalue weighted by atomic mass is 16.7. The smallest absolute Gasteiger partial charge is 0.203 e. The summed E-state index contributed by atoms with van der Waals surface area (Å²) in [6, 6.07) is 7.08. The van der Waals surface area contributed by atoms with Crippen LogP contribution >= 0.6 is 0 Å². The number of aromatic hydroxyl groups is 1. The van der Waals surface area contributed by atoms with Crippen LogP contribution in [-0.4, -0.2) is 46.9 Å². The van der Waals surface area contributed by atoms with Crippen LogP contribution in [-0.2, 0) is 9.47 Å². The molecule has 30 heavy (non-hydrogen) atoms. The molecule has 2 aromatic carbocycles. The number of benzene rings is 2. The van der Waals surface area contributed by atoms with E-state index >= 15 is 0 Å². The standard InChI is InChI=1S/C23H30O7/c1-12-13(2)23(29-7)30-20(12)15-11-18(26-4)21(27-5)22(28-6)19(15)14-8-9-16(24)17(10-14)25-3/h8-13,20,23-24H,1-7H3. The van der Waals surface area contributed by atoms with Crippen molar-refractivity contribution in [1.29, 1.82) is 0 Å². The van der Waals surface area contributed by atoms with E-state index in [0.717, 1.165) is 16.7 Å². The fourth-order valence-corrected chi connectivity index (χ4v) is 4.07. The van der Waals surface area contributed by atoms with Gasteiger partial charge >= 0.3 is 0 Å². The molecule has 0 saturated carbocycles. The van der Waals surface area contributed by atoms with Gasteiger partial charge in [-0.1, -0.05) is 19.9 Å². The second-order valence-corrected chi connectivity index (χ2v) is 7.38. The van der Waals surface area contributed by atoms with Gasteiger partial charge in [0, 0.05) is 18.6 Å². The highest BCUT2D eigenvalue weighted by Crippen LogP contribution is 2.53. The Labute approximate surface area is 177 Å². The van der Waals surface area contributed by atoms with Crippen molar-refractivity contribution in [2.75, 3.05) is 35.5 Å². The van der Waals surface area contributed by atoms with E-state index in [1.807, 2.05) is 12.1 Å². The molecule has 164 valence electrons. The molecular formula is C23H30O7. The summed E-state index contributed by atoms with van der Waals surface area (Å²) < 4.78 is 34.1. The number of rotatable bonds is 7. The van der Waals surface area contributed by atoms with Crippen LogP contribution in [0.2, 0.25) is 0 Å². The van der Waals surface area contributed by atoms with Gasteiger partial charge in [-0.15, -0.1) is 0 Å². The Hall–Kier alpha value is -2.64. The molecule has 7 nitrogen and oxygen atoms in total. The van der Waals surface area contributed by atoms with Crippen molar-refractivity contribution in [2.45, 2.75) is 26.2 Å². The summed E-state index contributed by atoms with van der Waals surface area (Å²) in [5.41, 5.74) is 2.46. The Bertz CT molecular complexity index is 896. The molecule has 0 aromatic heterocycles. The van der Waals surface area contributed by atoms with E-state index in [1.54, 1.807) is 40.6 Å². The third kappa shape index (κ3) is 3.63. The van der Waals surface area contributed by atoms with Crippen LogP contribution in [0.15, 0.2) is 24.3 Å². The first-order valence-electron chi connectivity index (χ1n) is 9.80. The molecule has 0 bridgehead atoms. The largest absolute Gasteiger partial charge is 0.504 e. The van der Waals surface area contributed by atoms with Gasteiger partial charge in [-0.25, -0.2) is 0 Å². The summed E-state index contributed by atoms with van der Waals surface area (Å²) in [7, 11) is 7.90. The molecule has 1 aliphatic heterocycles. The van der Waals surface area contributed by atoms with E-state index in [0.29, 0.717) is 23.0 Å². The van der Waals surface area contributed by atoms with Crippen LogP contribution in [0.3, 0.4) is 0 Å². The zero-order valence-electron chi connectivity index (χ0n) is 18.5. The van der Waals surface area contributed by atoms with Crippen LogP contribution in [0.1, 0.15) is 25.5 Å². The summed E-state index contributed by atoms with van der Waals surface area (Å²) >= 11 is 0. The second kappa shape index (κ2) is 9.02. The van der Waals surface area contributed by atoms with Gasteiger partial charge < -0.3 is 33.5 Å². The fraction of sp³-hybridized carbons (Fsp3) is 0.478. The van der Waals surface area contributed by atoms with E-state index in [9.17, 15) is 5.11 Å². The lowest BCUT2D eigenvalue weighted by Crippen LogP contribution is -2.17. The van der Waals surface area contributed by atoms with Crippen molar-refractivity contribution in [3.05, 3.63) is 29.8 Å². The van der Waals surface area contributed by atoms with E-state index < -0.39 is 0 Å². The zero-order valence-corrected chi connectivity index (χ0v) is 18.5. The molecule has 2 aromatic rings. The van der Waals surface area contributed by atoms with Crippen molar-refractivity contribution in [3.63, 3.8) is 0 Å². The minimum absolute atomic E-state index is 0.0563. The maximum atomic E-state index is 10.1. The molecule has 0 radical (unpaired) electrons. The Kier molecular flexibility index (Phi) is 6.63. The van der Waals surface area contributed by atoms with Gasteiger partial charge in [0.1, 0.15) is 0 Å². The third-order valence-electron chi connectivity index (χ3n) is 5.88. The van der Waals surface area contributed by atoms with Crippen molar-refractivity contribution in [3.8, 4) is 39.9 Å². The molecule has 7 heteroatoms. The van der Waals surface area contributed by atoms with E-state index in [1.165, 1.54) is 7.11 Å². The van der Waals surface area contributed by atoms with Gasteiger partial charge in [0.25, 0.3) is 0 Å². The second-order valence-electron chi connectivity index (χ2n) is 7.38. The molecule has 4 atom stereocenters. The molecule has 0 amide bonds. The van der Waals surface area contributed by atoms with Crippen LogP contribution in [0.4, 0.5) is 0 Å².